The molecule has 2 aromatic carbocycles. The molecule has 8 heteroatoms. The predicted octanol–water partition coefficient (Wildman–Crippen LogP) is 6.26. The average molecular weight is 506 g/mol. The van der Waals surface area contributed by atoms with Gasteiger partial charge < -0.3 is 15.2 Å². The lowest BCUT2D eigenvalue weighted by Gasteiger charge is -2.13. The van der Waals surface area contributed by atoms with Crippen LogP contribution in [0.5, 0.6) is 0 Å². The van der Waals surface area contributed by atoms with E-state index < -0.39 is 0 Å². The summed E-state index contributed by atoms with van der Waals surface area (Å²) in [5.41, 5.74) is 9.18. The number of likely N-dealkylation sites (N-methyl/N-ethyl adjacent to an activating group) is 1. The van der Waals surface area contributed by atoms with E-state index in [1.54, 1.807) is 24.7 Å². The first-order chi connectivity index (χ1) is 18.5. The molecule has 0 spiro atoms. The number of aromatic nitrogens is 5. The van der Waals surface area contributed by atoms with Gasteiger partial charge in [0.1, 0.15) is 11.5 Å². The minimum Gasteiger partial charge on any atom is -0.384 e. The van der Waals surface area contributed by atoms with Gasteiger partial charge in [0.05, 0.1) is 22.9 Å². The number of halogens is 1. The highest BCUT2D eigenvalue weighted by atomic mass is 19.1. The van der Waals surface area contributed by atoms with Crippen LogP contribution < -0.4 is 5.32 Å². The van der Waals surface area contributed by atoms with Crippen molar-refractivity contribution in [3.63, 3.8) is 0 Å². The summed E-state index contributed by atoms with van der Waals surface area (Å²) in [6.07, 6.45) is 7.26. The summed E-state index contributed by atoms with van der Waals surface area (Å²) < 4.78 is 14.6. The van der Waals surface area contributed by atoms with Gasteiger partial charge in [-0.25, -0.2) is 4.39 Å². The predicted molar refractivity (Wildman–Crippen MR) is 152 cm³/mol. The van der Waals surface area contributed by atoms with Crippen LogP contribution in [0.25, 0.3) is 55.4 Å². The molecule has 0 aliphatic carbocycles. The summed E-state index contributed by atoms with van der Waals surface area (Å²) >= 11 is 0. The van der Waals surface area contributed by atoms with E-state index >= 15 is 0 Å². The maximum absolute atomic E-state index is 14.6. The Labute approximate surface area is 219 Å². The number of nitrogens with one attached hydrogen (secondary N) is 3. The van der Waals surface area contributed by atoms with Crippen molar-refractivity contribution in [1.82, 2.24) is 30.0 Å². The molecule has 0 saturated carbocycles. The van der Waals surface area contributed by atoms with Crippen molar-refractivity contribution in [3.8, 4) is 33.6 Å². The Kier molecular flexibility index (Phi) is 6.09. The molecule has 0 radical (unpaired) electrons. The van der Waals surface area contributed by atoms with E-state index in [-0.39, 0.29) is 5.82 Å². The Morgan fingerprint density at radius 2 is 1.74 bits per heavy atom. The largest absolute Gasteiger partial charge is 0.384 e. The molecule has 4 aromatic heterocycles. The third-order valence-electron chi connectivity index (χ3n) is 6.81. The Morgan fingerprint density at radius 1 is 0.868 bits per heavy atom. The van der Waals surface area contributed by atoms with Gasteiger partial charge in [0.25, 0.3) is 0 Å². The number of benzene rings is 2. The minimum absolute atomic E-state index is 0.292. The maximum Gasteiger partial charge on any atom is 0.125 e. The molecule has 190 valence electrons. The average Bonchev–Trinajstić information content (AvgIpc) is 3.52. The molecule has 6 aromatic rings. The molecule has 0 atom stereocenters. The molecule has 0 fully saturated rings. The quantitative estimate of drug-likeness (QED) is 0.239. The van der Waals surface area contributed by atoms with Crippen LogP contribution in [0.15, 0.2) is 73.3 Å². The van der Waals surface area contributed by atoms with Crippen LogP contribution in [0.2, 0.25) is 0 Å². The van der Waals surface area contributed by atoms with Crippen molar-refractivity contribution in [2.45, 2.75) is 6.92 Å². The zero-order chi connectivity index (χ0) is 26.2. The first-order valence-electron chi connectivity index (χ1n) is 12.5. The van der Waals surface area contributed by atoms with Crippen molar-refractivity contribution in [2.24, 2.45) is 0 Å². The van der Waals surface area contributed by atoms with E-state index in [2.05, 4.69) is 60.5 Å². The van der Waals surface area contributed by atoms with Crippen molar-refractivity contribution >= 4 is 27.5 Å². The van der Waals surface area contributed by atoms with Crippen LogP contribution in [0.3, 0.4) is 0 Å². The fourth-order valence-corrected chi connectivity index (χ4v) is 4.83. The van der Waals surface area contributed by atoms with E-state index in [0.717, 1.165) is 79.8 Å². The SMILES string of the molecule is Cc1ccncc1-c1ccc2[nH]nc(-c3cc4c(-c5cc(F)cc(NCCN(C)C)c5)cncc4[nH]3)c2c1. The number of H-pyrrole nitrogens is 2. The zero-order valence-corrected chi connectivity index (χ0v) is 21.5. The van der Waals surface area contributed by atoms with Crippen molar-refractivity contribution in [3.05, 3.63) is 84.7 Å². The Balaban J connectivity index is 1.41. The van der Waals surface area contributed by atoms with Gasteiger partial charge in [-0.3, -0.25) is 15.1 Å². The second-order valence-corrected chi connectivity index (χ2v) is 9.81. The van der Waals surface area contributed by atoms with Crippen molar-refractivity contribution in [2.75, 3.05) is 32.5 Å². The number of hydrogen-bond donors (Lipinski definition) is 3. The summed E-state index contributed by atoms with van der Waals surface area (Å²) in [7, 11) is 4.02. The molecule has 38 heavy (non-hydrogen) atoms. The van der Waals surface area contributed by atoms with Crippen LogP contribution in [0.4, 0.5) is 10.1 Å². The van der Waals surface area contributed by atoms with E-state index in [9.17, 15) is 4.39 Å². The van der Waals surface area contributed by atoms with Gasteiger partial charge in [-0.15, -0.1) is 0 Å². The van der Waals surface area contributed by atoms with E-state index in [4.69, 9.17) is 0 Å². The molecule has 0 aliphatic heterocycles. The van der Waals surface area contributed by atoms with Gasteiger partial charge in [-0.05, 0) is 80.2 Å². The van der Waals surface area contributed by atoms with E-state index in [1.165, 1.54) is 6.07 Å². The van der Waals surface area contributed by atoms with Gasteiger partial charge in [0.15, 0.2) is 0 Å². The number of aromatic amines is 2. The van der Waals surface area contributed by atoms with Crippen LogP contribution in [-0.2, 0) is 0 Å². The van der Waals surface area contributed by atoms with Crippen LogP contribution in [-0.4, -0.2) is 57.2 Å². The molecule has 0 saturated heterocycles. The lowest BCUT2D eigenvalue weighted by molar-refractivity contribution is 0.425. The van der Waals surface area contributed by atoms with Crippen LogP contribution in [0, 0.1) is 12.7 Å². The summed E-state index contributed by atoms with van der Waals surface area (Å²) in [6.45, 7) is 3.66. The topological polar surface area (TPSA) is 85.5 Å². The van der Waals surface area contributed by atoms with Gasteiger partial charge in [0, 0.05) is 59.3 Å². The molecular formula is C30H28FN7. The molecule has 0 amide bonds. The lowest BCUT2D eigenvalue weighted by Crippen LogP contribution is -2.20. The van der Waals surface area contributed by atoms with Gasteiger partial charge in [0.2, 0.25) is 0 Å². The summed E-state index contributed by atoms with van der Waals surface area (Å²) in [5.74, 6) is -0.292. The number of pyridine rings is 2. The summed E-state index contributed by atoms with van der Waals surface area (Å²) in [4.78, 5) is 14.3. The monoisotopic (exact) mass is 505 g/mol. The number of fused-ring (bicyclic) bond motifs is 2. The Hall–Kier alpha value is -4.56. The number of rotatable bonds is 7. The lowest BCUT2D eigenvalue weighted by atomic mass is 10.0. The highest BCUT2D eigenvalue weighted by Gasteiger charge is 2.16. The zero-order valence-electron chi connectivity index (χ0n) is 21.5. The smallest absolute Gasteiger partial charge is 0.125 e. The van der Waals surface area contributed by atoms with Crippen LogP contribution in [0.1, 0.15) is 5.56 Å². The summed E-state index contributed by atoms with van der Waals surface area (Å²) in [6, 6.07) is 15.4. The van der Waals surface area contributed by atoms with E-state index in [0.29, 0.717) is 0 Å². The fraction of sp³-hybridized carbons (Fsp3) is 0.167. The molecule has 0 bridgehead atoms. The van der Waals surface area contributed by atoms with Gasteiger partial charge in [-0.1, -0.05) is 6.07 Å². The molecule has 0 aliphatic rings. The third kappa shape index (κ3) is 4.50. The second kappa shape index (κ2) is 9.72. The first-order valence-corrected chi connectivity index (χ1v) is 12.5. The Bertz CT molecular complexity index is 1770. The highest BCUT2D eigenvalue weighted by Crippen LogP contribution is 2.36. The number of nitrogens with zero attached hydrogens (tertiary/aromatic N) is 4. The number of anilines is 1. The molecular weight excluding hydrogens is 477 g/mol. The van der Waals surface area contributed by atoms with Crippen molar-refractivity contribution in [1.29, 1.82) is 0 Å². The standard InChI is InChI=1S/C30H28FN7/c1-18-6-7-32-15-25(18)19-4-5-27-24(12-19)30(37-36-27)28-14-23-26(16-33-17-29(23)35-28)20-10-21(31)13-22(11-20)34-8-9-38(2)3/h4-7,10-17,34-35H,8-9H2,1-3H3,(H,36,37). The Morgan fingerprint density at radius 3 is 2.58 bits per heavy atom. The molecule has 3 N–H and O–H groups in total. The second-order valence-electron chi connectivity index (χ2n) is 9.81. The molecule has 6 rings (SSSR count). The van der Waals surface area contributed by atoms with Crippen LogP contribution >= 0.6 is 0 Å². The molecule has 0 unspecified atom stereocenters. The molecule has 7 nitrogen and oxygen atoms in total. The third-order valence-corrected chi connectivity index (χ3v) is 6.81. The number of hydrogen-bond acceptors (Lipinski definition) is 5. The number of aryl methyl sites for hydroxylation is 1. The molecule has 4 heterocycles. The summed E-state index contributed by atoms with van der Waals surface area (Å²) in [5, 5.41) is 13.1. The first kappa shape index (κ1) is 23.8. The van der Waals surface area contributed by atoms with Gasteiger partial charge >= 0.3 is 0 Å². The van der Waals surface area contributed by atoms with E-state index in [1.807, 2.05) is 38.5 Å². The fourth-order valence-electron chi connectivity index (χ4n) is 4.83. The maximum atomic E-state index is 14.6. The highest BCUT2D eigenvalue weighted by molar-refractivity contribution is 6.01. The van der Waals surface area contributed by atoms with Crippen molar-refractivity contribution < 1.29 is 4.39 Å². The van der Waals surface area contributed by atoms with Gasteiger partial charge in [-0.2, -0.15) is 5.10 Å². The minimum atomic E-state index is -0.292. The normalized spacial score (nSPS) is 11.6.